The van der Waals surface area contributed by atoms with Crippen LogP contribution in [-0.2, 0) is 23.9 Å². The number of alkyl halides is 3. The fraction of sp³-hybridized carbons (Fsp3) is 0.182. The third kappa shape index (κ3) is 4.25. The number of thiophene rings is 1. The van der Waals surface area contributed by atoms with Gasteiger partial charge in [-0.3, -0.25) is 18.7 Å². The maximum atomic E-state index is 13.0. The number of carbonyl (C=O) groups is 1. The van der Waals surface area contributed by atoms with E-state index in [9.17, 15) is 28.0 Å². The molecule has 4 aromatic rings. The van der Waals surface area contributed by atoms with Gasteiger partial charge in [0.1, 0.15) is 23.4 Å². The minimum absolute atomic E-state index is 0.187. The van der Waals surface area contributed by atoms with Crippen molar-refractivity contribution in [3.05, 3.63) is 75.4 Å². The number of nitrogens with one attached hydrogen (secondary N) is 1. The van der Waals surface area contributed by atoms with Crippen molar-refractivity contribution in [3.8, 4) is 11.8 Å². The minimum atomic E-state index is -4.52. The average Bonchev–Trinajstić information content (AvgIpc) is 3.40. The van der Waals surface area contributed by atoms with Crippen LogP contribution in [-0.4, -0.2) is 20.0 Å². The second kappa shape index (κ2) is 8.55. The summed E-state index contributed by atoms with van der Waals surface area (Å²) in [5.74, 6) is 0.140. The normalized spacial score (nSPS) is 11.5. The van der Waals surface area contributed by atoms with Crippen molar-refractivity contribution in [2.45, 2.75) is 26.1 Å². The Kier molecular flexibility index (Phi) is 5.78. The molecule has 1 aromatic carbocycles. The first-order valence-electron chi connectivity index (χ1n) is 9.77. The summed E-state index contributed by atoms with van der Waals surface area (Å²) in [4.78, 5) is 29.5. The van der Waals surface area contributed by atoms with Crippen molar-refractivity contribution in [2.75, 3.05) is 5.32 Å². The maximum Gasteiger partial charge on any atom is 0.416 e. The number of pyridine rings is 1. The van der Waals surface area contributed by atoms with Gasteiger partial charge in [0.05, 0.1) is 22.3 Å². The number of amides is 1. The van der Waals surface area contributed by atoms with Crippen LogP contribution in [0.2, 0.25) is 0 Å². The largest absolute Gasteiger partial charge is 0.416 e. The van der Waals surface area contributed by atoms with Crippen LogP contribution in [0, 0.1) is 11.3 Å². The van der Waals surface area contributed by atoms with Gasteiger partial charge in [-0.1, -0.05) is 6.92 Å². The SMILES string of the molecule is CCc1nccn1-c1c(C#N)csc1NC(=O)Cn1c(=O)ccc2cc(C(F)(F)F)ccc21. The van der Waals surface area contributed by atoms with Crippen LogP contribution in [0.5, 0.6) is 0 Å². The van der Waals surface area contributed by atoms with E-state index < -0.39 is 29.8 Å². The lowest BCUT2D eigenvalue weighted by Gasteiger charge is -2.13. The Morgan fingerprint density at radius 3 is 2.76 bits per heavy atom. The Balaban J connectivity index is 1.67. The number of nitrogens with zero attached hydrogens (tertiary/aromatic N) is 4. The number of aromatic nitrogens is 3. The fourth-order valence-corrected chi connectivity index (χ4v) is 4.40. The molecule has 0 aliphatic rings. The lowest BCUT2D eigenvalue weighted by molar-refractivity contribution is -0.137. The van der Waals surface area contributed by atoms with Gasteiger partial charge in [0.25, 0.3) is 5.56 Å². The monoisotopic (exact) mass is 471 g/mol. The number of aryl methyl sites for hydroxylation is 1. The lowest BCUT2D eigenvalue weighted by atomic mass is 10.1. The number of benzene rings is 1. The van der Waals surface area contributed by atoms with Crippen LogP contribution in [0.15, 0.2) is 52.9 Å². The van der Waals surface area contributed by atoms with Crippen LogP contribution in [0.25, 0.3) is 16.6 Å². The maximum absolute atomic E-state index is 13.0. The standard InChI is InChI=1S/C22H16F3N5O2S/c1-2-17-27-7-8-29(17)20-14(10-26)12-33-21(20)28-18(31)11-30-16-5-4-15(22(23,24)25)9-13(16)3-6-19(30)32/h3-9,12H,2,11H2,1H3,(H,28,31). The van der Waals surface area contributed by atoms with Crippen molar-refractivity contribution < 1.29 is 18.0 Å². The molecule has 11 heteroatoms. The molecule has 0 radical (unpaired) electrons. The van der Waals surface area contributed by atoms with E-state index in [4.69, 9.17) is 0 Å². The molecular formula is C22H16F3N5O2S. The van der Waals surface area contributed by atoms with E-state index >= 15 is 0 Å². The molecule has 0 saturated carbocycles. The predicted octanol–water partition coefficient (Wildman–Crippen LogP) is 4.34. The van der Waals surface area contributed by atoms with Crippen molar-refractivity contribution in [2.24, 2.45) is 0 Å². The zero-order chi connectivity index (χ0) is 23.8. The molecule has 3 aromatic heterocycles. The Morgan fingerprint density at radius 2 is 2.06 bits per heavy atom. The molecule has 0 aliphatic carbocycles. The van der Waals surface area contributed by atoms with Crippen LogP contribution in [0.4, 0.5) is 18.2 Å². The molecule has 0 saturated heterocycles. The molecule has 0 atom stereocenters. The molecule has 168 valence electrons. The summed E-state index contributed by atoms with van der Waals surface area (Å²) >= 11 is 1.15. The number of fused-ring (bicyclic) bond motifs is 1. The van der Waals surface area contributed by atoms with Crippen molar-refractivity contribution in [1.29, 1.82) is 5.26 Å². The molecule has 0 aliphatic heterocycles. The molecule has 7 nitrogen and oxygen atoms in total. The van der Waals surface area contributed by atoms with E-state index in [1.165, 1.54) is 12.1 Å². The van der Waals surface area contributed by atoms with E-state index in [0.29, 0.717) is 28.5 Å². The predicted molar refractivity (Wildman–Crippen MR) is 117 cm³/mol. The molecule has 1 N–H and O–H groups in total. The van der Waals surface area contributed by atoms with Gasteiger partial charge in [0.15, 0.2) is 0 Å². The van der Waals surface area contributed by atoms with Crippen molar-refractivity contribution in [1.82, 2.24) is 14.1 Å². The number of nitriles is 1. The van der Waals surface area contributed by atoms with Crippen LogP contribution in [0.1, 0.15) is 23.9 Å². The third-order valence-corrected chi connectivity index (χ3v) is 5.92. The summed E-state index contributed by atoms with van der Waals surface area (Å²) in [6, 6.07) is 7.50. The van der Waals surface area contributed by atoms with Crippen LogP contribution < -0.4 is 10.9 Å². The van der Waals surface area contributed by atoms with E-state index in [-0.39, 0.29) is 10.9 Å². The number of imidazole rings is 1. The number of anilines is 1. The van der Waals surface area contributed by atoms with Gasteiger partial charge in [0, 0.05) is 30.3 Å². The van der Waals surface area contributed by atoms with Crippen molar-refractivity contribution in [3.63, 3.8) is 0 Å². The highest BCUT2D eigenvalue weighted by Crippen LogP contribution is 2.33. The van der Waals surface area contributed by atoms with E-state index in [2.05, 4.69) is 16.4 Å². The Bertz CT molecular complexity index is 1460. The second-order valence-corrected chi connectivity index (χ2v) is 7.96. The molecule has 3 heterocycles. The molecule has 0 bridgehead atoms. The van der Waals surface area contributed by atoms with Gasteiger partial charge >= 0.3 is 6.18 Å². The summed E-state index contributed by atoms with van der Waals surface area (Å²) in [6.07, 6.45) is -0.642. The first kappa shape index (κ1) is 22.3. The molecule has 4 rings (SSSR count). The molecule has 0 fully saturated rings. The first-order chi connectivity index (χ1) is 15.7. The fourth-order valence-electron chi connectivity index (χ4n) is 3.51. The summed E-state index contributed by atoms with van der Waals surface area (Å²) in [5, 5.41) is 14.4. The quantitative estimate of drug-likeness (QED) is 0.469. The average molecular weight is 471 g/mol. The summed E-state index contributed by atoms with van der Waals surface area (Å²) in [6.45, 7) is 1.50. The van der Waals surface area contributed by atoms with E-state index in [1.807, 2.05) is 6.92 Å². The van der Waals surface area contributed by atoms with Gasteiger partial charge in [-0.25, -0.2) is 4.98 Å². The molecule has 33 heavy (non-hydrogen) atoms. The zero-order valence-electron chi connectivity index (χ0n) is 17.2. The van der Waals surface area contributed by atoms with Gasteiger partial charge in [-0.05, 0) is 29.7 Å². The van der Waals surface area contributed by atoms with Gasteiger partial charge < -0.3 is 5.32 Å². The topological polar surface area (TPSA) is 92.7 Å². The molecule has 0 unspecified atom stereocenters. The molecule has 1 amide bonds. The van der Waals surface area contributed by atoms with E-state index in [1.54, 1.807) is 22.3 Å². The second-order valence-electron chi connectivity index (χ2n) is 7.08. The third-order valence-electron chi connectivity index (χ3n) is 5.03. The smallest absolute Gasteiger partial charge is 0.314 e. The number of carbonyl (C=O) groups excluding carboxylic acids is 1. The number of hydrogen-bond donors (Lipinski definition) is 1. The zero-order valence-corrected chi connectivity index (χ0v) is 18.0. The van der Waals surface area contributed by atoms with Crippen LogP contribution in [0.3, 0.4) is 0 Å². The summed E-state index contributed by atoms with van der Waals surface area (Å²) < 4.78 is 41.9. The van der Waals surface area contributed by atoms with Crippen LogP contribution >= 0.6 is 11.3 Å². The van der Waals surface area contributed by atoms with Gasteiger partial charge in [0.2, 0.25) is 5.91 Å². The lowest BCUT2D eigenvalue weighted by Crippen LogP contribution is -2.27. The highest BCUT2D eigenvalue weighted by Gasteiger charge is 2.30. The minimum Gasteiger partial charge on any atom is -0.314 e. The first-order valence-corrected chi connectivity index (χ1v) is 10.7. The summed E-state index contributed by atoms with van der Waals surface area (Å²) in [5.41, 5.74) is -0.332. The number of hydrogen-bond acceptors (Lipinski definition) is 5. The van der Waals surface area contributed by atoms with Crippen molar-refractivity contribution >= 4 is 33.1 Å². The van der Waals surface area contributed by atoms with Gasteiger partial charge in [-0.2, -0.15) is 18.4 Å². The number of rotatable bonds is 5. The molecular weight excluding hydrogens is 455 g/mol. The van der Waals surface area contributed by atoms with Gasteiger partial charge in [-0.15, -0.1) is 11.3 Å². The Morgan fingerprint density at radius 1 is 1.27 bits per heavy atom. The Labute approximate surface area is 189 Å². The van der Waals surface area contributed by atoms with E-state index in [0.717, 1.165) is 34.1 Å². The molecule has 0 spiro atoms. The summed E-state index contributed by atoms with van der Waals surface area (Å²) in [7, 11) is 0. The Hall–Kier alpha value is -3.91. The highest BCUT2D eigenvalue weighted by molar-refractivity contribution is 7.15. The highest BCUT2D eigenvalue weighted by atomic mass is 32.1. The number of halogens is 3.